The van der Waals surface area contributed by atoms with E-state index in [1.54, 1.807) is 0 Å². The molecule has 1 aromatic rings. The third-order valence-electron chi connectivity index (χ3n) is 3.12. The Bertz CT molecular complexity index is 433. The van der Waals surface area contributed by atoms with Gasteiger partial charge < -0.3 is 10.6 Å². The van der Waals surface area contributed by atoms with Crippen molar-refractivity contribution < 1.29 is 0 Å². The SMILES string of the molecule is S=C(Nc1ccc(Br)c(I)c1)NC1CCCCC1. The third kappa shape index (κ3) is 4.35. The Morgan fingerprint density at radius 2 is 2.00 bits per heavy atom. The van der Waals surface area contributed by atoms with Gasteiger partial charge in [-0.15, -0.1) is 0 Å². The first-order valence-electron chi connectivity index (χ1n) is 6.18. The predicted octanol–water partition coefficient (Wildman–Crippen LogP) is 4.67. The van der Waals surface area contributed by atoms with Crippen LogP contribution in [-0.2, 0) is 0 Å². The molecule has 0 aliphatic heterocycles. The quantitative estimate of drug-likeness (QED) is 0.518. The van der Waals surface area contributed by atoms with E-state index in [2.05, 4.69) is 55.2 Å². The molecule has 0 atom stereocenters. The third-order valence-corrected chi connectivity index (χ3v) is 5.66. The summed E-state index contributed by atoms with van der Waals surface area (Å²) in [5.41, 5.74) is 1.04. The second kappa shape index (κ2) is 7.05. The summed E-state index contributed by atoms with van der Waals surface area (Å²) in [6.07, 6.45) is 6.47. The highest BCUT2D eigenvalue weighted by atomic mass is 127. The summed E-state index contributed by atoms with van der Waals surface area (Å²) in [5.74, 6) is 0. The van der Waals surface area contributed by atoms with Crippen LogP contribution in [0.1, 0.15) is 32.1 Å². The van der Waals surface area contributed by atoms with Crippen LogP contribution in [0.15, 0.2) is 22.7 Å². The van der Waals surface area contributed by atoms with Gasteiger partial charge in [0.25, 0.3) is 0 Å². The molecule has 98 valence electrons. The monoisotopic (exact) mass is 438 g/mol. The van der Waals surface area contributed by atoms with Crippen LogP contribution in [0.4, 0.5) is 5.69 Å². The maximum atomic E-state index is 5.36. The summed E-state index contributed by atoms with van der Waals surface area (Å²) in [4.78, 5) is 0. The van der Waals surface area contributed by atoms with Crippen molar-refractivity contribution in [1.29, 1.82) is 0 Å². The van der Waals surface area contributed by atoms with Gasteiger partial charge in [0.1, 0.15) is 0 Å². The number of hydrogen-bond acceptors (Lipinski definition) is 1. The van der Waals surface area contributed by atoms with Gasteiger partial charge in [0.15, 0.2) is 5.11 Å². The normalized spacial score (nSPS) is 16.3. The second-order valence-corrected chi connectivity index (χ2v) is 6.99. The van der Waals surface area contributed by atoms with E-state index in [4.69, 9.17) is 12.2 Å². The average Bonchev–Trinajstić information content (AvgIpc) is 2.35. The summed E-state index contributed by atoms with van der Waals surface area (Å²) in [5, 5.41) is 7.40. The molecule has 0 saturated heterocycles. The van der Waals surface area contributed by atoms with E-state index < -0.39 is 0 Å². The molecule has 1 fully saturated rings. The van der Waals surface area contributed by atoms with Crippen molar-refractivity contribution in [3.63, 3.8) is 0 Å². The maximum absolute atomic E-state index is 5.36. The molecule has 0 aromatic heterocycles. The molecule has 1 saturated carbocycles. The van der Waals surface area contributed by atoms with Crippen LogP contribution in [0.2, 0.25) is 0 Å². The second-order valence-electron chi connectivity index (χ2n) is 4.56. The Balaban J connectivity index is 1.88. The summed E-state index contributed by atoms with van der Waals surface area (Å²) in [6.45, 7) is 0. The van der Waals surface area contributed by atoms with Gasteiger partial charge in [-0.1, -0.05) is 19.3 Å². The van der Waals surface area contributed by atoms with Crippen molar-refractivity contribution >= 4 is 61.5 Å². The fraction of sp³-hybridized carbons (Fsp3) is 0.462. The number of benzene rings is 1. The molecule has 2 N–H and O–H groups in total. The molecule has 0 unspecified atom stereocenters. The number of nitrogens with one attached hydrogen (secondary N) is 2. The van der Waals surface area contributed by atoms with Gasteiger partial charge in [-0.05, 0) is 81.8 Å². The minimum absolute atomic E-state index is 0.549. The smallest absolute Gasteiger partial charge is 0.170 e. The average molecular weight is 439 g/mol. The number of rotatable bonds is 2. The highest BCUT2D eigenvalue weighted by Crippen LogP contribution is 2.23. The van der Waals surface area contributed by atoms with Crippen LogP contribution in [0.5, 0.6) is 0 Å². The lowest BCUT2D eigenvalue weighted by atomic mass is 9.96. The van der Waals surface area contributed by atoms with Crippen LogP contribution in [-0.4, -0.2) is 11.2 Å². The molecular weight excluding hydrogens is 423 g/mol. The van der Waals surface area contributed by atoms with Crippen molar-refractivity contribution in [1.82, 2.24) is 5.32 Å². The molecule has 0 bridgehead atoms. The van der Waals surface area contributed by atoms with Crippen LogP contribution < -0.4 is 10.6 Å². The summed E-state index contributed by atoms with van der Waals surface area (Å²) in [7, 11) is 0. The number of anilines is 1. The minimum atomic E-state index is 0.549. The first-order chi connectivity index (χ1) is 8.65. The fourth-order valence-corrected chi connectivity index (χ4v) is 3.22. The Morgan fingerprint density at radius 3 is 2.67 bits per heavy atom. The lowest BCUT2D eigenvalue weighted by Crippen LogP contribution is -2.38. The van der Waals surface area contributed by atoms with Gasteiger partial charge >= 0.3 is 0 Å². The lowest BCUT2D eigenvalue weighted by molar-refractivity contribution is 0.415. The van der Waals surface area contributed by atoms with Gasteiger partial charge in [0, 0.05) is 19.8 Å². The van der Waals surface area contributed by atoms with E-state index >= 15 is 0 Å². The van der Waals surface area contributed by atoms with Gasteiger partial charge in [0.2, 0.25) is 0 Å². The Labute approximate surface area is 136 Å². The van der Waals surface area contributed by atoms with Crippen LogP contribution in [0, 0.1) is 3.57 Å². The highest BCUT2D eigenvalue weighted by Gasteiger charge is 2.13. The minimum Gasteiger partial charge on any atom is -0.360 e. The lowest BCUT2D eigenvalue weighted by Gasteiger charge is -2.24. The van der Waals surface area contributed by atoms with Gasteiger partial charge in [-0.3, -0.25) is 0 Å². The summed E-state index contributed by atoms with van der Waals surface area (Å²) >= 11 is 11.1. The van der Waals surface area contributed by atoms with Gasteiger partial charge in [-0.25, -0.2) is 0 Å². The van der Waals surface area contributed by atoms with Crippen molar-refractivity contribution in [3.05, 3.63) is 26.2 Å². The van der Waals surface area contributed by atoms with Crippen molar-refractivity contribution in [2.75, 3.05) is 5.32 Å². The number of hydrogen-bond donors (Lipinski definition) is 2. The zero-order valence-electron chi connectivity index (χ0n) is 10.0. The molecule has 0 radical (unpaired) electrons. The fourth-order valence-electron chi connectivity index (χ4n) is 2.17. The van der Waals surface area contributed by atoms with E-state index in [1.807, 2.05) is 12.1 Å². The molecule has 0 amide bonds. The van der Waals surface area contributed by atoms with Gasteiger partial charge in [0.05, 0.1) is 0 Å². The first-order valence-corrected chi connectivity index (χ1v) is 8.46. The van der Waals surface area contributed by atoms with Crippen molar-refractivity contribution in [2.45, 2.75) is 38.1 Å². The van der Waals surface area contributed by atoms with E-state index in [0.29, 0.717) is 6.04 Å². The molecule has 1 aliphatic carbocycles. The Hall–Kier alpha value is 0.120. The molecule has 0 heterocycles. The van der Waals surface area contributed by atoms with E-state index in [9.17, 15) is 0 Å². The zero-order chi connectivity index (χ0) is 13.0. The molecule has 5 heteroatoms. The maximum Gasteiger partial charge on any atom is 0.170 e. The molecule has 2 nitrogen and oxygen atoms in total. The Morgan fingerprint density at radius 1 is 1.28 bits per heavy atom. The topological polar surface area (TPSA) is 24.1 Å². The van der Waals surface area contributed by atoms with Crippen molar-refractivity contribution in [2.24, 2.45) is 0 Å². The molecule has 2 rings (SSSR count). The highest BCUT2D eigenvalue weighted by molar-refractivity contribution is 14.1. The standard InChI is InChI=1S/C13H16BrIN2S/c14-11-7-6-10(8-12(11)15)17-13(18)16-9-4-2-1-3-5-9/h6-9H,1-5H2,(H2,16,17,18). The largest absolute Gasteiger partial charge is 0.360 e. The summed E-state index contributed by atoms with van der Waals surface area (Å²) < 4.78 is 2.29. The van der Waals surface area contributed by atoms with Crippen LogP contribution in [0.3, 0.4) is 0 Å². The van der Waals surface area contributed by atoms with E-state index in [1.165, 1.54) is 35.7 Å². The van der Waals surface area contributed by atoms with Crippen LogP contribution in [0.25, 0.3) is 0 Å². The van der Waals surface area contributed by atoms with E-state index in [-0.39, 0.29) is 0 Å². The first kappa shape index (κ1) is 14.5. The molecule has 1 aliphatic rings. The molecule has 1 aromatic carbocycles. The van der Waals surface area contributed by atoms with Crippen LogP contribution >= 0.6 is 50.7 Å². The van der Waals surface area contributed by atoms with Crippen molar-refractivity contribution in [3.8, 4) is 0 Å². The molecular formula is C13H16BrIN2S. The predicted molar refractivity (Wildman–Crippen MR) is 93.1 cm³/mol. The molecule has 18 heavy (non-hydrogen) atoms. The van der Waals surface area contributed by atoms with E-state index in [0.717, 1.165) is 15.3 Å². The van der Waals surface area contributed by atoms with Gasteiger partial charge in [-0.2, -0.15) is 0 Å². The zero-order valence-corrected chi connectivity index (χ0v) is 14.6. The number of thiocarbonyl (C=S) groups is 1. The molecule has 0 spiro atoms. The Kier molecular flexibility index (Phi) is 5.69. The summed E-state index contributed by atoms with van der Waals surface area (Å²) in [6, 6.07) is 6.70. The number of halogens is 2.